The molecule has 0 atom stereocenters. The number of hydrogen-bond acceptors (Lipinski definition) is 5. The molecule has 2 saturated heterocycles. The molecular formula is C16H30N4O3. The Kier molecular flexibility index (Phi) is 7.88. The van der Waals surface area contributed by atoms with Gasteiger partial charge in [-0.1, -0.05) is 6.58 Å². The van der Waals surface area contributed by atoms with Crippen LogP contribution in [0.3, 0.4) is 0 Å². The van der Waals surface area contributed by atoms with Gasteiger partial charge in [-0.05, 0) is 27.2 Å². The maximum Gasteiger partial charge on any atom is 0.410 e. The van der Waals surface area contributed by atoms with Crippen LogP contribution >= 0.6 is 0 Å². The highest BCUT2D eigenvalue weighted by Gasteiger charge is 2.23. The molecule has 132 valence electrons. The molecule has 0 radical (unpaired) electrons. The Morgan fingerprint density at radius 2 is 1.83 bits per heavy atom. The number of ether oxygens (including phenoxy) is 1. The van der Waals surface area contributed by atoms with Crippen LogP contribution in [0, 0.1) is 0 Å². The summed E-state index contributed by atoms with van der Waals surface area (Å²) in [5.74, 6) is -0.0129. The van der Waals surface area contributed by atoms with E-state index < -0.39 is 5.60 Å². The van der Waals surface area contributed by atoms with Crippen LogP contribution in [0.15, 0.2) is 12.3 Å². The first-order valence-electron chi connectivity index (χ1n) is 8.15. The Morgan fingerprint density at radius 1 is 1.09 bits per heavy atom. The maximum atomic E-state index is 11.6. The summed E-state index contributed by atoms with van der Waals surface area (Å²) in [6.45, 7) is 13.9. The molecule has 2 heterocycles. The highest BCUT2D eigenvalue weighted by atomic mass is 16.6. The number of carbonyl (C=O) groups is 2. The summed E-state index contributed by atoms with van der Waals surface area (Å²) in [4.78, 5) is 24.2. The number of rotatable bonds is 0. The molecular weight excluding hydrogens is 296 g/mol. The van der Waals surface area contributed by atoms with E-state index in [1.807, 2.05) is 20.8 Å². The average Bonchev–Trinajstić information content (AvgIpc) is 2.80. The van der Waals surface area contributed by atoms with Crippen LogP contribution in [0.25, 0.3) is 0 Å². The lowest BCUT2D eigenvalue weighted by molar-refractivity contribution is -0.120. The van der Waals surface area contributed by atoms with Crippen molar-refractivity contribution in [2.75, 3.05) is 39.3 Å². The van der Waals surface area contributed by atoms with E-state index in [1.54, 1.807) is 4.90 Å². The van der Waals surface area contributed by atoms with Crippen molar-refractivity contribution in [3.63, 3.8) is 0 Å². The second-order valence-corrected chi connectivity index (χ2v) is 6.60. The van der Waals surface area contributed by atoms with E-state index in [9.17, 15) is 9.59 Å². The van der Waals surface area contributed by atoms with Crippen molar-refractivity contribution in [3.8, 4) is 0 Å². The summed E-state index contributed by atoms with van der Waals surface area (Å²) in [7, 11) is 0. The SMILES string of the molecule is C=C1CCNCCN1.CC(C)(C)OC(=O)N1CCNC(=O)CC1. The van der Waals surface area contributed by atoms with Gasteiger partial charge in [0.15, 0.2) is 0 Å². The lowest BCUT2D eigenvalue weighted by Gasteiger charge is -2.25. The minimum Gasteiger partial charge on any atom is -0.444 e. The summed E-state index contributed by atoms with van der Waals surface area (Å²) in [6.07, 6.45) is 1.07. The van der Waals surface area contributed by atoms with E-state index in [1.165, 1.54) is 0 Å². The second-order valence-electron chi connectivity index (χ2n) is 6.60. The molecule has 2 rings (SSSR count). The molecule has 0 bridgehead atoms. The van der Waals surface area contributed by atoms with E-state index in [2.05, 4.69) is 22.5 Å². The fourth-order valence-corrected chi connectivity index (χ4v) is 2.06. The summed E-state index contributed by atoms with van der Waals surface area (Å²) in [6, 6.07) is 0. The molecule has 0 unspecified atom stereocenters. The second kappa shape index (κ2) is 9.39. The van der Waals surface area contributed by atoms with Crippen molar-refractivity contribution in [2.45, 2.75) is 39.2 Å². The molecule has 2 aliphatic heterocycles. The molecule has 0 spiro atoms. The number of hydrogen-bond donors (Lipinski definition) is 3. The number of carbonyl (C=O) groups excluding carboxylic acids is 2. The van der Waals surface area contributed by atoms with Gasteiger partial charge in [-0.15, -0.1) is 0 Å². The molecule has 23 heavy (non-hydrogen) atoms. The average molecular weight is 326 g/mol. The monoisotopic (exact) mass is 326 g/mol. The highest BCUT2D eigenvalue weighted by molar-refractivity contribution is 5.77. The molecule has 3 N–H and O–H groups in total. The number of amides is 2. The largest absolute Gasteiger partial charge is 0.444 e. The summed E-state index contributed by atoms with van der Waals surface area (Å²) in [5, 5.41) is 9.15. The molecule has 0 saturated carbocycles. The molecule has 7 nitrogen and oxygen atoms in total. The fourth-order valence-electron chi connectivity index (χ4n) is 2.06. The fraction of sp³-hybridized carbons (Fsp3) is 0.750. The van der Waals surface area contributed by atoms with Crippen LogP contribution in [-0.2, 0) is 9.53 Å². The first kappa shape index (κ1) is 19.3. The predicted octanol–water partition coefficient (Wildman–Crippen LogP) is 0.826. The lowest BCUT2D eigenvalue weighted by atomic mass is 10.2. The summed E-state index contributed by atoms with van der Waals surface area (Å²) in [5.41, 5.74) is 0.677. The van der Waals surface area contributed by atoms with Crippen molar-refractivity contribution in [1.82, 2.24) is 20.9 Å². The van der Waals surface area contributed by atoms with Gasteiger partial charge in [-0.3, -0.25) is 4.79 Å². The van der Waals surface area contributed by atoms with Crippen molar-refractivity contribution < 1.29 is 14.3 Å². The van der Waals surface area contributed by atoms with Crippen LogP contribution in [0.4, 0.5) is 4.79 Å². The molecule has 2 fully saturated rings. The Balaban J connectivity index is 0.000000277. The topological polar surface area (TPSA) is 82.7 Å². The van der Waals surface area contributed by atoms with Crippen LogP contribution in [0.5, 0.6) is 0 Å². The van der Waals surface area contributed by atoms with Gasteiger partial charge in [-0.25, -0.2) is 4.79 Å². The van der Waals surface area contributed by atoms with Crippen LogP contribution in [0.2, 0.25) is 0 Å². The van der Waals surface area contributed by atoms with Gasteiger partial charge < -0.3 is 25.6 Å². The third-order valence-electron chi connectivity index (χ3n) is 3.24. The summed E-state index contributed by atoms with van der Waals surface area (Å²) < 4.78 is 5.22. The zero-order valence-electron chi connectivity index (χ0n) is 14.5. The van der Waals surface area contributed by atoms with Crippen molar-refractivity contribution in [3.05, 3.63) is 12.3 Å². The first-order chi connectivity index (χ1) is 10.8. The smallest absolute Gasteiger partial charge is 0.410 e. The van der Waals surface area contributed by atoms with E-state index in [0.717, 1.165) is 31.8 Å². The minimum atomic E-state index is -0.485. The molecule has 0 aromatic carbocycles. The summed E-state index contributed by atoms with van der Waals surface area (Å²) >= 11 is 0. The Morgan fingerprint density at radius 3 is 2.52 bits per heavy atom. The van der Waals surface area contributed by atoms with Crippen molar-refractivity contribution in [2.24, 2.45) is 0 Å². The minimum absolute atomic E-state index is 0.0129. The molecule has 2 amide bonds. The first-order valence-corrected chi connectivity index (χ1v) is 8.15. The van der Waals surface area contributed by atoms with Gasteiger partial charge in [0.1, 0.15) is 5.60 Å². The molecule has 0 aromatic heterocycles. The van der Waals surface area contributed by atoms with Gasteiger partial charge in [0, 0.05) is 51.4 Å². The number of nitrogens with one attached hydrogen (secondary N) is 3. The third-order valence-corrected chi connectivity index (χ3v) is 3.24. The Bertz CT molecular complexity index is 408. The van der Waals surface area contributed by atoms with E-state index in [4.69, 9.17) is 4.74 Å². The molecule has 0 aromatic rings. The Labute approximate surface area is 138 Å². The van der Waals surface area contributed by atoms with Gasteiger partial charge in [0.2, 0.25) is 5.91 Å². The van der Waals surface area contributed by atoms with Crippen LogP contribution in [0.1, 0.15) is 33.6 Å². The maximum absolute atomic E-state index is 11.6. The van der Waals surface area contributed by atoms with Gasteiger partial charge in [-0.2, -0.15) is 0 Å². The van der Waals surface area contributed by atoms with Gasteiger partial charge in [0.25, 0.3) is 0 Å². The standard InChI is InChI=1S/C10H18N2O3.C6H12N2/c1-10(2,3)15-9(14)12-6-4-8(13)11-5-7-12;1-6-2-3-7-4-5-8-6/h4-7H2,1-3H3,(H,11,13);7-8H,1-5H2. The quantitative estimate of drug-likeness (QED) is 0.614. The zero-order valence-corrected chi connectivity index (χ0v) is 14.5. The van der Waals surface area contributed by atoms with Crippen molar-refractivity contribution in [1.29, 1.82) is 0 Å². The third kappa shape index (κ3) is 9.07. The van der Waals surface area contributed by atoms with Gasteiger partial charge >= 0.3 is 6.09 Å². The van der Waals surface area contributed by atoms with E-state index in [0.29, 0.717) is 26.1 Å². The van der Waals surface area contributed by atoms with Crippen LogP contribution < -0.4 is 16.0 Å². The Hall–Kier alpha value is -1.76. The number of nitrogens with zero attached hydrogens (tertiary/aromatic N) is 1. The highest BCUT2D eigenvalue weighted by Crippen LogP contribution is 2.10. The zero-order chi connectivity index (χ0) is 17.3. The van der Waals surface area contributed by atoms with Gasteiger partial charge in [0.05, 0.1) is 0 Å². The van der Waals surface area contributed by atoms with E-state index in [-0.39, 0.29) is 12.0 Å². The molecule has 7 heteroatoms. The van der Waals surface area contributed by atoms with Crippen LogP contribution in [-0.4, -0.2) is 61.8 Å². The molecule has 0 aliphatic carbocycles. The van der Waals surface area contributed by atoms with Crippen molar-refractivity contribution >= 4 is 12.0 Å². The lowest BCUT2D eigenvalue weighted by Crippen LogP contribution is -2.38. The predicted molar refractivity (Wildman–Crippen MR) is 90.1 cm³/mol. The normalized spacial score (nSPS) is 19.3. The van der Waals surface area contributed by atoms with E-state index >= 15 is 0 Å². The molecule has 2 aliphatic rings.